The fourth-order valence-corrected chi connectivity index (χ4v) is 4.38. The molecule has 0 unspecified atom stereocenters. The number of aliphatic hydroxyl groups excluding tert-OH is 1. The van der Waals surface area contributed by atoms with Crippen molar-refractivity contribution in [3.05, 3.63) is 92.5 Å². The van der Waals surface area contributed by atoms with Crippen molar-refractivity contribution in [3.8, 4) is 16.9 Å². The highest BCUT2D eigenvalue weighted by Crippen LogP contribution is 2.30. The number of anilines is 2. The van der Waals surface area contributed by atoms with Crippen LogP contribution in [0.25, 0.3) is 27.7 Å². The fraction of sp³-hybridized carbons (Fsp3) is 0.250. The van der Waals surface area contributed by atoms with Gasteiger partial charge in [0.25, 0.3) is 17.1 Å². The summed E-state index contributed by atoms with van der Waals surface area (Å²) in [7, 11) is 1.59. The molecule has 1 aromatic carbocycles. The first-order chi connectivity index (χ1) is 18.5. The lowest BCUT2D eigenvalue weighted by Crippen LogP contribution is -2.25. The Labute approximate surface area is 222 Å². The standard InChI is InChI=1S/C28H27FN6O4/c1-15-11-31-27(39-15)33-22-9-17(13-34(5)25(22)37)19-6-7-30-24(20(19)14-36)35-26(38)23-16(12-32-35)8-18(10-21(23)29)28(2,3)4/h6-13,36H,14H2,1-5H3,(H,31,33). The summed E-state index contributed by atoms with van der Waals surface area (Å²) in [5.41, 5.74) is 0.902. The van der Waals surface area contributed by atoms with Crippen LogP contribution in [0.4, 0.5) is 16.1 Å². The molecule has 0 aliphatic heterocycles. The van der Waals surface area contributed by atoms with Gasteiger partial charge in [-0.05, 0) is 47.7 Å². The number of nitrogens with zero attached hydrogens (tertiary/aromatic N) is 5. The van der Waals surface area contributed by atoms with E-state index in [9.17, 15) is 14.7 Å². The van der Waals surface area contributed by atoms with Crippen LogP contribution in [0, 0.1) is 12.7 Å². The third kappa shape index (κ3) is 4.72. The number of aryl methyl sites for hydroxylation is 2. The number of aromatic nitrogens is 5. The molecule has 0 fully saturated rings. The van der Waals surface area contributed by atoms with Gasteiger partial charge in [0.2, 0.25) is 0 Å². The third-order valence-electron chi connectivity index (χ3n) is 6.45. The topological polar surface area (TPSA) is 128 Å². The van der Waals surface area contributed by atoms with Crippen molar-refractivity contribution in [2.75, 3.05) is 5.32 Å². The normalized spacial score (nSPS) is 11.8. The molecular weight excluding hydrogens is 503 g/mol. The lowest BCUT2D eigenvalue weighted by atomic mass is 9.86. The molecule has 39 heavy (non-hydrogen) atoms. The average Bonchev–Trinajstić information content (AvgIpc) is 3.30. The van der Waals surface area contributed by atoms with Gasteiger partial charge >= 0.3 is 0 Å². The van der Waals surface area contributed by atoms with E-state index in [4.69, 9.17) is 4.42 Å². The van der Waals surface area contributed by atoms with E-state index in [1.807, 2.05) is 20.8 Å². The van der Waals surface area contributed by atoms with E-state index in [0.717, 1.165) is 10.2 Å². The molecule has 0 saturated carbocycles. The zero-order chi connectivity index (χ0) is 28.1. The quantitative estimate of drug-likeness (QED) is 0.347. The summed E-state index contributed by atoms with van der Waals surface area (Å²) in [6, 6.07) is 6.51. The number of hydrogen-bond donors (Lipinski definition) is 2. The van der Waals surface area contributed by atoms with E-state index in [1.165, 1.54) is 29.2 Å². The first-order valence-corrected chi connectivity index (χ1v) is 12.2. The van der Waals surface area contributed by atoms with Gasteiger partial charge in [0.1, 0.15) is 17.3 Å². The molecule has 5 aromatic rings. The number of benzene rings is 1. The molecule has 10 nitrogen and oxygen atoms in total. The summed E-state index contributed by atoms with van der Waals surface area (Å²) in [5.74, 6) is -0.0325. The zero-order valence-corrected chi connectivity index (χ0v) is 22.1. The number of rotatable bonds is 5. The number of aliphatic hydroxyl groups is 1. The third-order valence-corrected chi connectivity index (χ3v) is 6.45. The van der Waals surface area contributed by atoms with Gasteiger partial charge in [-0.25, -0.2) is 14.4 Å². The van der Waals surface area contributed by atoms with E-state index in [-0.39, 0.29) is 39.4 Å². The molecule has 4 aromatic heterocycles. The zero-order valence-electron chi connectivity index (χ0n) is 22.1. The van der Waals surface area contributed by atoms with Gasteiger partial charge in [0, 0.05) is 36.0 Å². The monoisotopic (exact) mass is 530 g/mol. The van der Waals surface area contributed by atoms with E-state index in [0.29, 0.717) is 22.3 Å². The van der Waals surface area contributed by atoms with E-state index in [1.54, 1.807) is 38.4 Å². The van der Waals surface area contributed by atoms with Crippen LogP contribution in [0.5, 0.6) is 0 Å². The Morgan fingerprint density at radius 2 is 1.87 bits per heavy atom. The Balaban J connectivity index is 1.66. The van der Waals surface area contributed by atoms with Crippen molar-refractivity contribution >= 4 is 22.5 Å². The predicted molar refractivity (Wildman–Crippen MR) is 145 cm³/mol. The first kappa shape index (κ1) is 26.0. The van der Waals surface area contributed by atoms with Crippen molar-refractivity contribution in [2.45, 2.75) is 39.7 Å². The van der Waals surface area contributed by atoms with Gasteiger partial charge in [-0.2, -0.15) is 9.78 Å². The highest BCUT2D eigenvalue weighted by Gasteiger charge is 2.21. The summed E-state index contributed by atoms with van der Waals surface area (Å²) < 4.78 is 23.0. The van der Waals surface area contributed by atoms with Crippen LogP contribution in [0.2, 0.25) is 0 Å². The van der Waals surface area contributed by atoms with Crippen LogP contribution in [0.1, 0.15) is 37.7 Å². The molecule has 200 valence electrons. The number of nitrogens with one attached hydrogen (secondary N) is 1. The van der Waals surface area contributed by atoms with Crippen LogP contribution < -0.4 is 16.4 Å². The summed E-state index contributed by atoms with van der Waals surface area (Å²) in [6.45, 7) is 7.10. The average molecular weight is 531 g/mol. The van der Waals surface area contributed by atoms with Gasteiger partial charge in [-0.15, -0.1) is 0 Å². The Bertz CT molecular complexity index is 1850. The van der Waals surface area contributed by atoms with Gasteiger partial charge in [0.05, 0.1) is 24.4 Å². The predicted octanol–water partition coefficient (Wildman–Crippen LogP) is 4.12. The summed E-state index contributed by atoms with van der Waals surface area (Å²) in [5, 5.41) is 17.8. The van der Waals surface area contributed by atoms with Crippen LogP contribution >= 0.6 is 0 Å². The van der Waals surface area contributed by atoms with Crippen molar-refractivity contribution in [1.29, 1.82) is 0 Å². The van der Waals surface area contributed by atoms with Crippen molar-refractivity contribution in [1.82, 2.24) is 24.3 Å². The highest BCUT2D eigenvalue weighted by molar-refractivity contribution is 5.83. The molecule has 0 atom stereocenters. The Morgan fingerprint density at radius 3 is 2.54 bits per heavy atom. The summed E-state index contributed by atoms with van der Waals surface area (Å²) >= 11 is 0. The fourth-order valence-electron chi connectivity index (χ4n) is 4.38. The number of hydrogen-bond acceptors (Lipinski definition) is 8. The molecular formula is C28H27FN6O4. The van der Waals surface area contributed by atoms with Gasteiger partial charge in [-0.3, -0.25) is 9.59 Å². The minimum absolute atomic E-state index is 0.0490. The molecule has 0 saturated heterocycles. The van der Waals surface area contributed by atoms with Gasteiger partial charge in [-0.1, -0.05) is 20.8 Å². The van der Waals surface area contributed by atoms with E-state index >= 15 is 4.39 Å². The van der Waals surface area contributed by atoms with Crippen LogP contribution in [0.15, 0.2) is 63.1 Å². The molecule has 2 N–H and O–H groups in total. The molecule has 0 spiro atoms. The highest BCUT2D eigenvalue weighted by atomic mass is 19.1. The number of halogens is 1. The second kappa shape index (κ2) is 9.59. The van der Waals surface area contributed by atoms with Crippen molar-refractivity contribution < 1.29 is 13.9 Å². The molecule has 0 amide bonds. The van der Waals surface area contributed by atoms with Crippen LogP contribution in [-0.4, -0.2) is 29.4 Å². The minimum Gasteiger partial charge on any atom is -0.429 e. The number of fused-ring (bicyclic) bond motifs is 1. The second-order valence-corrected chi connectivity index (χ2v) is 10.3. The maximum Gasteiger partial charge on any atom is 0.299 e. The maximum absolute atomic E-state index is 15.2. The maximum atomic E-state index is 15.2. The van der Waals surface area contributed by atoms with Crippen molar-refractivity contribution in [2.24, 2.45) is 7.05 Å². The minimum atomic E-state index is -0.702. The molecule has 5 rings (SSSR count). The lowest BCUT2D eigenvalue weighted by molar-refractivity contribution is 0.281. The Morgan fingerprint density at radius 1 is 1.10 bits per heavy atom. The van der Waals surface area contributed by atoms with E-state index in [2.05, 4.69) is 20.4 Å². The molecule has 0 aliphatic carbocycles. The first-order valence-electron chi connectivity index (χ1n) is 12.2. The second-order valence-electron chi connectivity index (χ2n) is 10.3. The molecule has 0 bridgehead atoms. The Hall–Kier alpha value is -4.64. The molecule has 0 aliphatic rings. The number of oxazole rings is 1. The van der Waals surface area contributed by atoms with Crippen molar-refractivity contribution in [3.63, 3.8) is 0 Å². The lowest BCUT2D eigenvalue weighted by Gasteiger charge is -2.20. The van der Waals surface area contributed by atoms with E-state index < -0.39 is 18.0 Å². The smallest absolute Gasteiger partial charge is 0.299 e. The molecule has 4 heterocycles. The van der Waals surface area contributed by atoms with Crippen LogP contribution in [-0.2, 0) is 19.1 Å². The largest absolute Gasteiger partial charge is 0.429 e. The van der Waals surface area contributed by atoms with Gasteiger partial charge < -0.3 is 19.4 Å². The SMILES string of the molecule is Cc1cnc(Nc2cc(-c3ccnc(-n4ncc5cc(C(C)(C)C)cc(F)c5c4=O)c3CO)cn(C)c2=O)o1. The molecule has 0 radical (unpaired) electrons. The summed E-state index contributed by atoms with van der Waals surface area (Å²) in [6.07, 6.45) is 5.99. The molecule has 11 heteroatoms. The summed E-state index contributed by atoms with van der Waals surface area (Å²) in [4.78, 5) is 34.6. The number of pyridine rings is 2. The van der Waals surface area contributed by atoms with Gasteiger partial charge in [0.15, 0.2) is 5.82 Å². The Kier molecular flexibility index (Phi) is 6.39. The van der Waals surface area contributed by atoms with Crippen LogP contribution in [0.3, 0.4) is 0 Å².